The Bertz CT molecular complexity index is 92.5. The van der Waals surface area contributed by atoms with Crippen molar-refractivity contribution in [2.45, 2.75) is 5.54 Å². The van der Waals surface area contributed by atoms with Crippen LogP contribution in [-0.4, -0.2) is 40.7 Å². The van der Waals surface area contributed by atoms with Crippen LogP contribution in [0.5, 0.6) is 0 Å². The van der Waals surface area contributed by atoms with E-state index < -0.39 is 38.3 Å². The van der Waals surface area contributed by atoms with Crippen LogP contribution in [0.1, 0.15) is 0 Å². The Kier molecular flexibility index (Phi) is 11.7. The predicted octanol–water partition coefficient (Wildman–Crippen LogP) is -0.273. The molecule has 0 saturated heterocycles. The molecular formula is C4H11Cl3NO3Rh. The Morgan fingerprint density at radius 2 is 1.17 bits per heavy atom. The molecule has 0 atom stereocenters. The van der Waals surface area contributed by atoms with Crippen molar-refractivity contribution in [1.82, 2.24) is 0 Å². The minimum absolute atomic E-state index is 0.403. The molecule has 0 bridgehead atoms. The molecule has 0 heterocycles. The molecule has 0 fully saturated rings. The van der Waals surface area contributed by atoms with E-state index in [9.17, 15) is 0 Å². The minimum atomic E-state index is -1.66. The maximum atomic E-state index is 8.34. The van der Waals surface area contributed by atoms with E-state index in [0.29, 0.717) is 0 Å². The van der Waals surface area contributed by atoms with Gasteiger partial charge < -0.3 is 21.1 Å². The zero-order chi connectivity index (χ0) is 10.2. The Labute approximate surface area is 88.3 Å². The molecule has 12 heavy (non-hydrogen) atoms. The fourth-order valence-corrected chi connectivity index (χ4v) is 0.150. The van der Waals surface area contributed by atoms with Gasteiger partial charge in [-0.2, -0.15) is 0 Å². The molecule has 80 valence electrons. The third-order valence-electron chi connectivity index (χ3n) is 0.945. The Morgan fingerprint density at radius 1 is 1.00 bits per heavy atom. The standard InChI is InChI=1S/C4H11NO3.3ClH.Rh/c5-4(1-6,2-7)3-8;;;;/h6-8H,1-3,5H2;3*1H;/q;;;;+3/p-3. The molecule has 0 aromatic carbocycles. The number of hydrogen-bond donors (Lipinski definition) is 4. The third-order valence-corrected chi connectivity index (χ3v) is 0.945. The van der Waals surface area contributed by atoms with Gasteiger partial charge in [-0.05, 0) is 0 Å². The van der Waals surface area contributed by atoms with Gasteiger partial charge in [-0.1, -0.05) is 0 Å². The molecule has 0 aromatic heterocycles. The first-order valence-corrected chi connectivity index (χ1v) is 9.01. The molecule has 0 rings (SSSR count). The van der Waals surface area contributed by atoms with Gasteiger partial charge >= 0.3 is 42.1 Å². The summed E-state index contributed by atoms with van der Waals surface area (Å²) < 4.78 is 0. The van der Waals surface area contributed by atoms with Crippen LogP contribution in [0, 0.1) is 0 Å². The van der Waals surface area contributed by atoms with Gasteiger partial charge in [0.1, 0.15) is 0 Å². The summed E-state index contributed by atoms with van der Waals surface area (Å²) in [6, 6.07) is 0. The van der Waals surface area contributed by atoms with E-state index in [1.807, 2.05) is 0 Å². The zero-order valence-corrected chi connectivity index (χ0v) is 9.91. The van der Waals surface area contributed by atoms with Crippen molar-refractivity contribution in [3.63, 3.8) is 0 Å². The molecular weight excluding hydrogens is 319 g/mol. The van der Waals surface area contributed by atoms with E-state index in [1.165, 1.54) is 0 Å². The van der Waals surface area contributed by atoms with Crippen LogP contribution >= 0.6 is 29.1 Å². The second kappa shape index (κ2) is 8.91. The molecule has 0 aliphatic heterocycles. The Balaban J connectivity index is 0. The molecule has 0 aliphatic carbocycles. The van der Waals surface area contributed by atoms with Gasteiger partial charge in [0.25, 0.3) is 0 Å². The van der Waals surface area contributed by atoms with Crippen LogP contribution in [0.15, 0.2) is 0 Å². The SMILES string of the molecule is NC(CO)(CO)CO.[Cl][Rh]([Cl])[Cl]. The molecule has 0 saturated carbocycles. The van der Waals surface area contributed by atoms with E-state index in [2.05, 4.69) is 0 Å². The van der Waals surface area contributed by atoms with Crippen molar-refractivity contribution >= 4 is 29.1 Å². The monoisotopic (exact) mass is 329 g/mol. The van der Waals surface area contributed by atoms with Gasteiger partial charge in [0.15, 0.2) is 0 Å². The number of rotatable bonds is 3. The van der Waals surface area contributed by atoms with E-state index in [4.69, 9.17) is 50.1 Å². The maximum absolute atomic E-state index is 8.34. The quantitative estimate of drug-likeness (QED) is 0.537. The summed E-state index contributed by atoms with van der Waals surface area (Å²) in [5.41, 5.74) is 3.94. The van der Waals surface area contributed by atoms with E-state index in [0.717, 1.165) is 0 Å². The second-order valence-corrected chi connectivity index (χ2v) is 9.44. The first kappa shape index (κ1) is 15.8. The number of hydrogen-bond acceptors (Lipinski definition) is 4. The van der Waals surface area contributed by atoms with Gasteiger partial charge in [-0.3, -0.25) is 0 Å². The van der Waals surface area contributed by atoms with Crippen molar-refractivity contribution in [1.29, 1.82) is 0 Å². The van der Waals surface area contributed by atoms with Crippen molar-refractivity contribution in [2.75, 3.05) is 19.8 Å². The van der Waals surface area contributed by atoms with Crippen molar-refractivity contribution < 1.29 is 28.3 Å². The molecule has 0 spiro atoms. The molecule has 0 amide bonds. The molecule has 0 unspecified atom stereocenters. The topological polar surface area (TPSA) is 86.7 Å². The van der Waals surface area contributed by atoms with Gasteiger partial charge in [0, 0.05) is 0 Å². The first-order chi connectivity index (χ1) is 5.41. The number of aliphatic hydroxyl groups is 3. The van der Waals surface area contributed by atoms with Crippen LogP contribution < -0.4 is 5.73 Å². The molecule has 8 heteroatoms. The van der Waals surface area contributed by atoms with Crippen LogP contribution in [0.3, 0.4) is 0 Å². The predicted molar refractivity (Wildman–Crippen MR) is 45.7 cm³/mol. The van der Waals surface area contributed by atoms with E-state index >= 15 is 0 Å². The molecule has 0 aliphatic rings. The van der Waals surface area contributed by atoms with Crippen LogP contribution in [-0.2, 0) is 13.0 Å². The van der Waals surface area contributed by atoms with Gasteiger partial charge in [0.05, 0.1) is 25.4 Å². The summed E-state index contributed by atoms with van der Waals surface area (Å²) >= 11 is -1.66. The second-order valence-electron chi connectivity index (χ2n) is 1.98. The summed E-state index contributed by atoms with van der Waals surface area (Å²) in [4.78, 5) is 0. The van der Waals surface area contributed by atoms with Crippen LogP contribution in [0.25, 0.3) is 0 Å². The Morgan fingerprint density at radius 3 is 1.17 bits per heavy atom. The molecule has 5 N–H and O–H groups in total. The van der Waals surface area contributed by atoms with Gasteiger partial charge in [-0.15, -0.1) is 0 Å². The molecule has 4 nitrogen and oxygen atoms in total. The number of halogens is 3. The average molecular weight is 330 g/mol. The number of aliphatic hydroxyl groups excluding tert-OH is 3. The summed E-state index contributed by atoms with van der Waals surface area (Å²) in [5.74, 6) is 0. The number of nitrogens with two attached hydrogens (primary N) is 1. The summed E-state index contributed by atoms with van der Waals surface area (Å²) in [5, 5.41) is 25.0. The van der Waals surface area contributed by atoms with Gasteiger partial charge in [-0.25, -0.2) is 0 Å². The fraction of sp³-hybridized carbons (Fsp3) is 1.00. The summed E-state index contributed by atoms with van der Waals surface area (Å²) in [6.45, 7) is -1.21. The van der Waals surface area contributed by atoms with Crippen molar-refractivity contribution in [3.8, 4) is 0 Å². The van der Waals surface area contributed by atoms with Crippen molar-refractivity contribution in [3.05, 3.63) is 0 Å². The normalized spacial score (nSPS) is 11.8. The van der Waals surface area contributed by atoms with Crippen molar-refractivity contribution in [2.24, 2.45) is 5.73 Å². The Hall–Kier alpha value is 1.33. The van der Waals surface area contributed by atoms with Crippen LogP contribution in [0.4, 0.5) is 0 Å². The summed E-state index contributed by atoms with van der Waals surface area (Å²) in [6.07, 6.45) is 0. The van der Waals surface area contributed by atoms with Gasteiger partial charge in [0.2, 0.25) is 0 Å². The zero-order valence-electron chi connectivity index (χ0n) is 6.01. The fourth-order valence-electron chi connectivity index (χ4n) is 0.150. The van der Waals surface area contributed by atoms with E-state index in [-0.39, 0.29) is 0 Å². The molecule has 0 aromatic rings. The van der Waals surface area contributed by atoms with E-state index in [1.54, 1.807) is 0 Å². The third kappa shape index (κ3) is 11.3. The summed E-state index contributed by atoms with van der Waals surface area (Å²) in [7, 11) is 14.8. The van der Waals surface area contributed by atoms with Crippen LogP contribution in [0.2, 0.25) is 0 Å². The molecule has 0 radical (unpaired) electrons. The first-order valence-electron chi connectivity index (χ1n) is 2.68. The average Bonchev–Trinajstić information content (AvgIpc) is 2.02.